The van der Waals surface area contributed by atoms with Gasteiger partial charge in [0.1, 0.15) is 0 Å². The van der Waals surface area contributed by atoms with E-state index in [9.17, 15) is 0 Å². The second-order valence-electron chi connectivity index (χ2n) is 2.14. The van der Waals surface area contributed by atoms with E-state index >= 15 is 0 Å². The molecule has 53 valence electrons. The van der Waals surface area contributed by atoms with Crippen LogP contribution in [-0.2, 0) is 4.74 Å². The summed E-state index contributed by atoms with van der Waals surface area (Å²) in [5, 5.41) is 0. The van der Waals surface area contributed by atoms with Gasteiger partial charge in [-0.15, -0.1) is 0 Å². The van der Waals surface area contributed by atoms with Crippen LogP contribution in [0.3, 0.4) is 0 Å². The predicted octanol–water partition coefficient (Wildman–Crippen LogP) is 2.21. The molecule has 10 heavy (non-hydrogen) atoms. The second-order valence-corrected chi connectivity index (χ2v) is 2.14. The van der Waals surface area contributed by atoms with E-state index < -0.39 is 0 Å². The third-order valence-corrected chi connectivity index (χ3v) is 1.46. The average molecular weight is 135 g/mol. The lowest BCUT2D eigenvalue weighted by Gasteiger charge is -2.07. The molecular formula is C9H11O. The molecule has 0 amide bonds. The predicted molar refractivity (Wildman–Crippen MR) is 41.5 cm³/mol. The van der Waals surface area contributed by atoms with Gasteiger partial charge in [0.2, 0.25) is 0 Å². The van der Waals surface area contributed by atoms with Crippen LogP contribution in [-0.4, -0.2) is 7.11 Å². The number of hydrogen-bond donors (Lipinski definition) is 0. The fourth-order valence-corrected chi connectivity index (χ4v) is 0.804. The first-order valence-electron chi connectivity index (χ1n) is 3.25. The van der Waals surface area contributed by atoms with Crippen molar-refractivity contribution in [3.05, 3.63) is 42.8 Å². The molecule has 1 atom stereocenters. The molecular weight excluding hydrogens is 124 g/mol. The standard InChI is InChI=1S/C9H11O/c1-8(10-2)9-6-4-3-5-7-9/h3-8H,1H2,2H3/t8-/m0/s1. The van der Waals surface area contributed by atoms with Crippen LogP contribution in [0.4, 0.5) is 0 Å². The molecule has 0 bridgehead atoms. The van der Waals surface area contributed by atoms with Gasteiger partial charge in [0.05, 0.1) is 6.10 Å². The molecule has 0 fully saturated rings. The van der Waals surface area contributed by atoms with Crippen LogP contribution < -0.4 is 0 Å². The van der Waals surface area contributed by atoms with Crippen molar-refractivity contribution in [3.8, 4) is 0 Å². The van der Waals surface area contributed by atoms with Crippen molar-refractivity contribution in [1.82, 2.24) is 0 Å². The summed E-state index contributed by atoms with van der Waals surface area (Å²) in [6.07, 6.45) is -0.0406. The van der Waals surface area contributed by atoms with Gasteiger partial charge in [-0.1, -0.05) is 30.3 Å². The van der Waals surface area contributed by atoms with Crippen LogP contribution in [0.5, 0.6) is 0 Å². The van der Waals surface area contributed by atoms with Crippen molar-refractivity contribution in [2.45, 2.75) is 6.10 Å². The fraction of sp³-hybridized carbons (Fsp3) is 0.222. The summed E-state index contributed by atoms with van der Waals surface area (Å²) in [5.74, 6) is 0. The minimum absolute atomic E-state index is 0.0406. The van der Waals surface area contributed by atoms with Crippen LogP contribution in [0.1, 0.15) is 11.7 Å². The van der Waals surface area contributed by atoms with Crippen LogP contribution in [0, 0.1) is 6.92 Å². The van der Waals surface area contributed by atoms with Gasteiger partial charge in [-0.2, -0.15) is 0 Å². The van der Waals surface area contributed by atoms with E-state index in [1.54, 1.807) is 7.11 Å². The molecule has 0 saturated heterocycles. The lowest BCUT2D eigenvalue weighted by atomic mass is 10.1. The molecule has 0 heterocycles. The Morgan fingerprint density at radius 1 is 1.30 bits per heavy atom. The first-order valence-corrected chi connectivity index (χ1v) is 3.25. The van der Waals surface area contributed by atoms with Crippen molar-refractivity contribution in [2.24, 2.45) is 0 Å². The van der Waals surface area contributed by atoms with Gasteiger partial charge >= 0.3 is 0 Å². The second kappa shape index (κ2) is 3.37. The largest absolute Gasteiger partial charge is 0.377 e. The molecule has 0 aliphatic rings. The van der Waals surface area contributed by atoms with Crippen LogP contribution >= 0.6 is 0 Å². The molecule has 0 spiro atoms. The zero-order chi connectivity index (χ0) is 7.40. The summed E-state index contributed by atoms with van der Waals surface area (Å²) in [4.78, 5) is 0. The van der Waals surface area contributed by atoms with Gasteiger partial charge in [0.15, 0.2) is 0 Å². The Morgan fingerprint density at radius 3 is 2.40 bits per heavy atom. The minimum atomic E-state index is -0.0406. The molecule has 1 nitrogen and oxygen atoms in total. The van der Waals surface area contributed by atoms with E-state index in [-0.39, 0.29) is 6.10 Å². The molecule has 1 rings (SSSR count). The first-order chi connectivity index (χ1) is 4.84. The van der Waals surface area contributed by atoms with Gasteiger partial charge in [0, 0.05) is 7.11 Å². The van der Waals surface area contributed by atoms with E-state index in [0.717, 1.165) is 5.56 Å². The Balaban J connectivity index is 2.75. The third kappa shape index (κ3) is 1.58. The topological polar surface area (TPSA) is 9.23 Å². The van der Waals surface area contributed by atoms with Crippen LogP contribution in [0.15, 0.2) is 30.3 Å². The van der Waals surface area contributed by atoms with E-state index in [4.69, 9.17) is 4.74 Å². The Labute approximate surface area is 61.6 Å². The highest BCUT2D eigenvalue weighted by molar-refractivity contribution is 5.17. The highest BCUT2D eigenvalue weighted by Crippen LogP contribution is 2.13. The lowest BCUT2D eigenvalue weighted by molar-refractivity contribution is 0.140. The summed E-state index contributed by atoms with van der Waals surface area (Å²) in [5.41, 5.74) is 1.12. The molecule has 1 aromatic carbocycles. The van der Waals surface area contributed by atoms with Crippen molar-refractivity contribution < 1.29 is 4.74 Å². The van der Waals surface area contributed by atoms with Crippen molar-refractivity contribution in [1.29, 1.82) is 0 Å². The molecule has 1 heteroatoms. The molecule has 0 aliphatic heterocycles. The highest BCUT2D eigenvalue weighted by Gasteiger charge is 1.99. The molecule has 1 aromatic rings. The number of rotatable bonds is 2. The summed E-state index contributed by atoms with van der Waals surface area (Å²) in [7, 11) is 1.66. The fourth-order valence-electron chi connectivity index (χ4n) is 0.804. The summed E-state index contributed by atoms with van der Waals surface area (Å²) >= 11 is 0. The zero-order valence-electron chi connectivity index (χ0n) is 6.08. The average Bonchev–Trinajstić information content (AvgIpc) is 2.05. The smallest absolute Gasteiger partial charge is 0.0822 e. The van der Waals surface area contributed by atoms with Gasteiger partial charge in [0.25, 0.3) is 0 Å². The first kappa shape index (κ1) is 7.29. The number of methoxy groups -OCH3 is 1. The molecule has 0 N–H and O–H groups in total. The monoisotopic (exact) mass is 135 g/mol. The zero-order valence-corrected chi connectivity index (χ0v) is 6.08. The summed E-state index contributed by atoms with van der Waals surface area (Å²) in [6, 6.07) is 9.94. The van der Waals surface area contributed by atoms with Gasteiger partial charge in [-0.25, -0.2) is 0 Å². The van der Waals surface area contributed by atoms with Gasteiger partial charge < -0.3 is 4.74 Å². The van der Waals surface area contributed by atoms with Crippen LogP contribution in [0.25, 0.3) is 0 Å². The number of ether oxygens (including phenoxy) is 1. The molecule has 1 radical (unpaired) electrons. The SMILES string of the molecule is [CH2][C@H](OC)c1ccccc1. The Morgan fingerprint density at radius 2 is 1.90 bits per heavy atom. The highest BCUT2D eigenvalue weighted by atomic mass is 16.5. The van der Waals surface area contributed by atoms with Gasteiger partial charge in [-0.05, 0) is 12.5 Å². The summed E-state index contributed by atoms with van der Waals surface area (Å²) < 4.78 is 5.03. The maximum atomic E-state index is 5.03. The minimum Gasteiger partial charge on any atom is -0.377 e. The molecule has 0 unspecified atom stereocenters. The number of benzene rings is 1. The lowest BCUT2D eigenvalue weighted by Crippen LogP contribution is -1.94. The molecule has 0 aromatic heterocycles. The molecule has 0 saturated carbocycles. The van der Waals surface area contributed by atoms with E-state index in [1.165, 1.54) is 0 Å². The van der Waals surface area contributed by atoms with Crippen molar-refractivity contribution >= 4 is 0 Å². The van der Waals surface area contributed by atoms with Crippen molar-refractivity contribution in [3.63, 3.8) is 0 Å². The Bertz CT molecular complexity index is 181. The van der Waals surface area contributed by atoms with Gasteiger partial charge in [-0.3, -0.25) is 0 Å². The van der Waals surface area contributed by atoms with Crippen molar-refractivity contribution in [2.75, 3.05) is 7.11 Å². The number of hydrogen-bond acceptors (Lipinski definition) is 1. The normalized spacial score (nSPS) is 13.0. The van der Waals surface area contributed by atoms with Crippen LogP contribution in [0.2, 0.25) is 0 Å². The Hall–Kier alpha value is -0.820. The third-order valence-electron chi connectivity index (χ3n) is 1.46. The maximum Gasteiger partial charge on any atom is 0.0822 e. The Kier molecular flexibility index (Phi) is 2.46. The molecule has 0 aliphatic carbocycles. The quantitative estimate of drug-likeness (QED) is 0.604. The van der Waals surface area contributed by atoms with E-state index in [0.29, 0.717) is 0 Å². The summed E-state index contributed by atoms with van der Waals surface area (Å²) in [6.45, 7) is 3.80. The van der Waals surface area contributed by atoms with E-state index in [1.807, 2.05) is 30.3 Å². The maximum absolute atomic E-state index is 5.03. The van der Waals surface area contributed by atoms with E-state index in [2.05, 4.69) is 6.92 Å².